The van der Waals surface area contributed by atoms with E-state index in [0.717, 1.165) is 5.75 Å². The molecular weight excluding hydrogens is 263 g/mol. The summed E-state index contributed by atoms with van der Waals surface area (Å²) in [4.78, 5) is 0. The van der Waals surface area contributed by atoms with Crippen LogP contribution in [0.5, 0.6) is 5.75 Å². The van der Waals surface area contributed by atoms with Crippen LogP contribution in [0, 0.1) is 0 Å². The first kappa shape index (κ1) is 11.7. The van der Waals surface area contributed by atoms with Crippen LogP contribution in [0.2, 0.25) is 0 Å². The summed E-state index contributed by atoms with van der Waals surface area (Å²) in [6, 6.07) is 23.3. The van der Waals surface area contributed by atoms with Gasteiger partial charge in [0.25, 0.3) is 0 Å². The second-order valence-electron chi connectivity index (χ2n) is 4.89. The molecule has 4 aromatic carbocycles. The smallest absolute Gasteiger partial charge is 0.130 e. The van der Waals surface area contributed by atoms with Gasteiger partial charge in [-0.15, -0.1) is 0 Å². The summed E-state index contributed by atoms with van der Waals surface area (Å²) in [5, 5.41) is 7.47. The molecule has 0 bridgehead atoms. The molecule has 1 nitrogen and oxygen atoms in total. The minimum Gasteiger partial charge on any atom is -0.480 e. The van der Waals surface area contributed by atoms with E-state index in [-0.39, 0.29) is 0 Å². The average molecular weight is 276 g/mol. The molecule has 4 rings (SSSR count). The van der Waals surface area contributed by atoms with Crippen molar-refractivity contribution in [3.63, 3.8) is 0 Å². The normalized spacial score (nSPS) is 11.2. The summed E-state index contributed by atoms with van der Waals surface area (Å²) < 4.78 is 5.50. The highest BCUT2D eigenvalue weighted by Crippen LogP contribution is 2.39. The Balaban J connectivity index is 2.42. The van der Waals surface area contributed by atoms with Crippen LogP contribution >= 0.6 is 9.47 Å². The maximum atomic E-state index is 5.50. The van der Waals surface area contributed by atoms with Crippen molar-refractivity contribution in [3.05, 3.63) is 66.7 Å². The minimum atomic E-state index is 0.898. The number of fused-ring (bicyclic) bond motifs is 6. The number of hydrogen-bond acceptors (Lipinski definition) is 1. The van der Waals surface area contributed by atoms with Gasteiger partial charge >= 0.3 is 0 Å². The summed E-state index contributed by atoms with van der Waals surface area (Å²) in [7, 11) is 2.35. The first-order valence-electron chi connectivity index (χ1n) is 6.59. The third kappa shape index (κ3) is 1.54. The molecule has 0 aliphatic heterocycles. The van der Waals surface area contributed by atoms with Gasteiger partial charge in [-0.25, -0.2) is 0 Å². The number of benzene rings is 4. The highest BCUT2D eigenvalue weighted by molar-refractivity contribution is 7.10. The molecule has 96 valence electrons. The summed E-state index contributed by atoms with van der Waals surface area (Å²) in [6.07, 6.45) is 0. The third-order valence-electron chi connectivity index (χ3n) is 3.86. The van der Waals surface area contributed by atoms with Gasteiger partial charge in [-0.05, 0) is 33.0 Å². The van der Waals surface area contributed by atoms with Crippen LogP contribution in [0.4, 0.5) is 0 Å². The zero-order chi connectivity index (χ0) is 13.5. The zero-order valence-corrected chi connectivity index (χ0v) is 12.0. The van der Waals surface area contributed by atoms with Gasteiger partial charge in [0.05, 0.1) is 9.47 Å². The Hall–Kier alpha value is -2.11. The predicted octanol–water partition coefficient (Wildman–Crippen LogP) is 5.32. The molecule has 0 fully saturated rings. The van der Waals surface area contributed by atoms with E-state index in [4.69, 9.17) is 4.52 Å². The fourth-order valence-corrected chi connectivity index (χ4v) is 3.22. The first-order chi connectivity index (χ1) is 9.90. The number of rotatable bonds is 1. The predicted molar refractivity (Wildman–Crippen MR) is 89.3 cm³/mol. The lowest BCUT2D eigenvalue weighted by molar-refractivity contribution is 0.655. The molecule has 0 aromatic heterocycles. The number of hydrogen-bond donors (Lipinski definition) is 0. The molecule has 1 unspecified atom stereocenters. The largest absolute Gasteiger partial charge is 0.480 e. The van der Waals surface area contributed by atoms with Crippen molar-refractivity contribution < 1.29 is 4.52 Å². The molecule has 4 aromatic rings. The van der Waals surface area contributed by atoms with Gasteiger partial charge in [-0.1, -0.05) is 60.7 Å². The molecule has 20 heavy (non-hydrogen) atoms. The minimum absolute atomic E-state index is 0.898. The van der Waals surface area contributed by atoms with Crippen LogP contribution in [0.15, 0.2) is 66.7 Å². The molecule has 0 saturated carbocycles. The van der Waals surface area contributed by atoms with E-state index >= 15 is 0 Å². The molecule has 0 radical (unpaired) electrons. The summed E-state index contributed by atoms with van der Waals surface area (Å²) in [5.41, 5.74) is 0. The molecule has 0 heterocycles. The van der Waals surface area contributed by atoms with Gasteiger partial charge in [0.15, 0.2) is 0 Å². The van der Waals surface area contributed by atoms with Crippen molar-refractivity contribution in [1.29, 1.82) is 0 Å². The summed E-state index contributed by atoms with van der Waals surface area (Å²) in [5.74, 6) is 0.898. The van der Waals surface area contributed by atoms with Crippen molar-refractivity contribution in [2.45, 2.75) is 0 Å². The second-order valence-corrected chi connectivity index (χ2v) is 5.12. The second kappa shape index (κ2) is 4.47. The van der Waals surface area contributed by atoms with Gasteiger partial charge in [0.2, 0.25) is 0 Å². The molecular formula is C18H13OP. The Morgan fingerprint density at radius 3 is 1.55 bits per heavy atom. The van der Waals surface area contributed by atoms with Crippen molar-refractivity contribution in [2.24, 2.45) is 0 Å². The van der Waals surface area contributed by atoms with E-state index in [2.05, 4.69) is 64.1 Å². The van der Waals surface area contributed by atoms with Gasteiger partial charge in [-0.3, -0.25) is 0 Å². The molecule has 0 aliphatic carbocycles. The van der Waals surface area contributed by atoms with E-state index in [0.29, 0.717) is 0 Å². The topological polar surface area (TPSA) is 9.23 Å². The Morgan fingerprint density at radius 2 is 1.00 bits per heavy atom. The first-order valence-corrected chi connectivity index (χ1v) is 7.06. The van der Waals surface area contributed by atoms with E-state index in [9.17, 15) is 0 Å². The van der Waals surface area contributed by atoms with Crippen molar-refractivity contribution >= 4 is 41.8 Å². The highest BCUT2D eigenvalue weighted by atomic mass is 31.0. The molecule has 0 aliphatic rings. The van der Waals surface area contributed by atoms with Crippen molar-refractivity contribution in [1.82, 2.24) is 0 Å². The maximum absolute atomic E-state index is 5.50. The zero-order valence-electron chi connectivity index (χ0n) is 10.8. The fourth-order valence-electron chi connectivity index (χ4n) is 3.02. The van der Waals surface area contributed by atoms with Gasteiger partial charge in [0, 0.05) is 5.39 Å². The maximum Gasteiger partial charge on any atom is 0.130 e. The molecule has 0 spiro atoms. The van der Waals surface area contributed by atoms with E-state index < -0.39 is 0 Å². The van der Waals surface area contributed by atoms with Crippen LogP contribution < -0.4 is 4.52 Å². The highest BCUT2D eigenvalue weighted by Gasteiger charge is 2.10. The van der Waals surface area contributed by atoms with E-state index in [1.54, 1.807) is 0 Å². The van der Waals surface area contributed by atoms with Crippen LogP contribution in [0.25, 0.3) is 32.3 Å². The molecule has 0 saturated heterocycles. The van der Waals surface area contributed by atoms with Crippen molar-refractivity contribution in [2.75, 3.05) is 0 Å². The summed E-state index contributed by atoms with van der Waals surface area (Å²) in [6.45, 7) is 0. The quantitative estimate of drug-likeness (QED) is 0.338. The molecule has 2 heteroatoms. The van der Waals surface area contributed by atoms with Gasteiger partial charge in [0.1, 0.15) is 5.75 Å². The average Bonchev–Trinajstić information content (AvgIpc) is 2.54. The van der Waals surface area contributed by atoms with Crippen LogP contribution in [0.1, 0.15) is 0 Å². The molecule has 0 amide bonds. The lowest BCUT2D eigenvalue weighted by atomic mass is 9.94. The van der Waals surface area contributed by atoms with E-state index in [1.807, 2.05) is 12.1 Å². The lowest BCUT2D eigenvalue weighted by Gasteiger charge is -2.12. The Morgan fingerprint density at radius 1 is 0.550 bits per heavy atom. The van der Waals surface area contributed by atoms with Gasteiger partial charge < -0.3 is 4.52 Å². The summed E-state index contributed by atoms with van der Waals surface area (Å²) >= 11 is 0. The Labute approximate surface area is 119 Å². The third-order valence-corrected chi connectivity index (χ3v) is 4.11. The standard InChI is InChI=1S/C18H13OP/c20-19-17-11-5-10-16-14-7-2-1-6-12(14)13-8-3-4-9-15(13)18(16)17/h1-11H,20H2. The van der Waals surface area contributed by atoms with Crippen LogP contribution in [0.3, 0.4) is 0 Å². The Kier molecular flexibility index (Phi) is 2.61. The van der Waals surface area contributed by atoms with Gasteiger partial charge in [-0.2, -0.15) is 0 Å². The fraction of sp³-hybridized carbons (Fsp3) is 0. The van der Waals surface area contributed by atoms with Crippen LogP contribution in [-0.4, -0.2) is 0 Å². The monoisotopic (exact) mass is 276 g/mol. The van der Waals surface area contributed by atoms with Crippen LogP contribution in [-0.2, 0) is 0 Å². The Bertz CT molecular complexity index is 899. The molecule has 1 atom stereocenters. The molecule has 0 N–H and O–H groups in total. The van der Waals surface area contributed by atoms with E-state index in [1.165, 1.54) is 32.3 Å². The van der Waals surface area contributed by atoms with Crippen molar-refractivity contribution in [3.8, 4) is 5.75 Å². The lowest BCUT2D eigenvalue weighted by Crippen LogP contribution is -1.85. The SMILES string of the molecule is POc1cccc2c3ccccc3c3ccccc3c12.